The van der Waals surface area contributed by atoms with Gasteiger partial charge < -0.3 is 14.6 Å². The van der Waals surface area contributed by atoms with Crippen molar-refractivity contribution in [3.63, 3.8) is 0 Å². The number of aliphatic hydroxyl groups is 1. The minimum atomic E-state index is -0.375. The summed E-state index contributed by atoms with van der Waals surface area (Å²) in [6.45, 7) is 5.06. The van der Waals surface area contributed by atoms with Crippen LogP contribution in [-0.4, -0.2) is 24.9 Å². The molecule has 0 bridgehead atoms. The number of halogens is 1. The second kappa shape index (κ2) is 12.0. The molecule has 0 saturated heterocycles. The molecule has 2 N–H and O–H groups in total. The molecule has 0 aliphatic rings. The molecule has 3 rings (SSSR count). The molecule has 4 nitrogen and oxygen atoms in total. The SMILES string of the molecule is CCOC(OCC)c1ccc([C@@H](N[C@@H](CO)c2ccccc2)c2ccc(Cl)cc2)cc1. The first-order chi connectivity index (χ1) is 15.2. The number of nitrogens with one attached hydrogen (secondary N) is 1. The number of rotatable bonds is 11. The Morgan fingerprint density at radius 2 is 1.26 bits per heavy atom. The van der Waals surface area contributed by atoms with Crippen molar-refractivity contribution in [2.75, 3.05) is 19.8 Å². The van der Waals surface area contributed by atoms with Gasteiger partial charge >= 0.3 is 0 Å². The third-order valence-corrected chi connectivity index (χ3v) is 5.39. The summed E-state index contributed by atoms with van der Waals surface area (Å²) in [7, 11) is 0. The lowest BCUT2D eigenvalue weighted by atomic mass is 9.95. The predicted octanol–water partition coefficient (Wildman–Crippen LogP) is 5.82. The Hall–Kier alpha value is -2.21. The highest BCUT2D eigenvalue weighted by molar-refractivity contribution is 6.30. The van der Waals surface area contributed by atoms with Gasteiger partial charge in [0, 0.05) is 23.8 Å². The summed E-state index contributed by atoms with van der Waals surface area (Å²) in [6.07, 6.45) is -0.375. The van der Waals surface area contributed by atoms with Gasteiger partial charge in [-0.25, -0.2) is 0 Å². The average Bonchev–Trinajstić information content (AvgIpc) is 2.81. The van der Waals surface area contributed by atoms with Crippen molar-refractivity contribution >= 4 is 11.6 Å². The van der Waals surface area contributed by atoms with Gasteiger partial charge in [0.1, 0.15) is 0 Å². The maximum atomic E-state index is 10.1. The first-order valence-corrected chi connectivity index (χ1v) is 11.0. The standard InChI is InChI=1S/C26H30ClNO3/c1-3-30-26(31-4-2)22-12-10-20(11-13-22)25(21-14-16-23(27)17-15-21)28-24(18-29)19-8-6-5-7-9-19/h5-17,24-26,28-29H,3-4,18H2,1-2H3/t24-,25+/m0/s1. The molecule has 0 saturated carbocycles. The molecule has 2 atom stereocenters. The molecular formula is C26H30ClNO3. The van der Waals surface area contributed by atoms with E-state index < -0.39 is 0 Å². The molecule has 0 unspecified atom stereocenters. The van der Waals surface area contributed by atoms with Crippen LogP contribution in [0, 0.1) is 0 Å². The number of aliphatic hydroxyl groups excluding tert-OH is 1. The molecule has 0 aromatic heterocycles. The van der Waals surface area contributed by atoms with Gasteiger partial charge in [-0.05, 0) is 42.7 Å². The summed E-state index contributed by atoms with van der Waals surface area (Å²) in [5, 5.41) is 14.4. The molecule has 0 radical (unpaired) electrons. The van der Waals surface area contributed by atoms with Crippen LogP contribution >= 0.6 is 11.6 Å². The molecule has 0 amide bonds. The monoisotopic (exact) mass is 439 g/mol. The van der Waals surface area contributed by atoms with Crippen LogP contribution in [0.15, 0.2) is 78.9 Å². The minimum absolute atomic E-state index is 0.0110. The fourth-order valence-electron chi connectivity index (χ4n) is 3.57. The van der Waals surface area contributed by atoms with Crippen molar-refractivity contribution in [1.29, 1.82) is 0 Å². The molecule has 0 aliphatic heterocycles. The molecular weight excluding hydrogens is 410 g/mol. The van der Waals surface area contributed by atoms with E-state index in [1.807, 2.05) is 80.6 Å². The zero-order chi connectivity index (χ0) is 22.1. The van der Waals surface area contributed by atoms with Gasteiger partial charge in [0.25, 0.3) is 0 Å². The van der Waals surface area contributed by atoms with Gasteiger partial charge in [0.15, 0.2) is 6.29 Å². The highest BCUT2D eigenvalue weighted by Gasteiger charge is 2.21. The van der Waals surface area contributed by atoms with Crippen LogP contribution in [0.25, 0.3) is 0 Å². The Morgan fingerprint density at radius 1 is 0.742 bits per heavy atom. The van der Waals surface area contributed by atoms with Crippen LogP contribution in [0.5, 0.6) is 0 Å². The lowest BCUT2D eigenvalue weighted by Crippen LogP contribution is -2.29. The van der Waals surface area contributed by atoms with Crippen LogP contribution < -0.4 is 5.32 Å². The van der Waals surface area contributed by atoms with Gasteiger partial charge in [0.2, 0.25) is 0 Å². The fraction of sp³-hybridized carbons (Fsp3) is 0.308. The van der Waals surface area contributed by atoms with Crippen molar-refractivity contribution < 1.29 is 14.6 Å². The Morgan fingerprint density at radius 3 is 1.77 bits per heavy atom. The average molecular weight is 440 g/mol. The summed E-state index contributed by atoms with van der Waals surface area (Å²) < 4.78 is 11.4. The van der Waals surface area contributed by atoms with E-state index >= 15 is 0 Å². The van der Waals surface area contributed by atoms with Crippen molar-refractivity contribution in [3.05, 3.63) is 106 Å². The molecule has 3 aromatic carbocycles. The van der Waals surface area contributed by atoms with Crippen molar-refractivity contribution in [2.45, 2.75) is 32.2 Å². The molecule has 0 heterocycles. The van der Waals surface area contributed by atoms with Gasteiger partial charge in [-0.3, -0.25) is 5.32 Å². The van der Waals surface area contributed by atoms with Gasteiger partial charge in [0.05, 0.1) is 18.7 Å². The number of hydrogen-bond donors (Lipinski definition) is 2. The summed E-state index contributed by atoms with van der Waals surface area (Å²) in [4.78, 5) is 0. The van der Waals surface area contributed by atoms with Gasteiger partial charge in [-0.1, -0.05) is 78.3 Å². The van der Waals surface area contributed by atoms with Gasteiger partial charge in [-0.15, -0.1) is 0 Å². The quantitative estimate of drug-likeness (QED) is 0.369. The highest BCUT2D eigenvalue weighted by Crippen LogP contribution is 2.29. The zero-order valence-electron chi connectivity index (χ0n) is 18.0. The van der Waals surface area contributed by atoms with E-state index in [-0.39, 0.29) is 25.0 Å². The second-order valence-corrected chi connectivity index (χ2v) is 7.64. The molecule has 0 fully saturated rings. The van der Waals surface area contributed by atoms with Crippen LogP contribution in [0.4, 0.5) is 0 Å². The smallest absolute Gasteiger partial charge is 0.183 e. The first kappa shape index (κ1) is 23.5. The van der Waals surface area contributed by atoms with E-state index in [4.69, 9.17) is 21.1 Å². The van der Waals surface area contributed by atoms with Crippen molar-refractivity contribution in [1.82, 2.24) is 5.32 Å². The van der Waals surface area contributed by atoms with Crippen LogP contribution in [0.3, 0.4) is 0 Å². The molecule has 0 aliphatic carbocycles. The topological polar surface area (TPSA) is 50.7 Å². The normalized spacial score (nSPS) is 13.3. The molecule has 5 heteroatoms. The summed E-state index contributed by atoms with van der Waals surface area (Å²) in [6, 6.07) is 25.6. The molecule has 31 heavy (non-hydrogen) atoms. The lowest BCUT2D eigenvalue weighted by Gasteiger charge is -2.26. The van der Waals surface area contributed by atoms with E-state index in [2.05, 4.69) is 17.4 Å². The van der Waals surface area contributed by atoms with Gasteiger partial charge in [-0.2, -0.15) is 0 Å². The molecule has 0 spiro atoms. The summed E-state index contributed by atoms with van der Waals surface area (Å²) in [5.74, 6) is 0. The van der Waals surface area contributed by atoms with Crippen molar-refractivity contribution in [3.8, 4) is 0 Å². The van der Waals surface area contributed by atoms with Crippen LogP contribution in [0.2, 0.25) is 5.02 Å². The minimum Gasteiger partial charge on any atom is -0.394 e. The van der Waals surface area contributed by atoms with Crippen LogP contribution in [-0.2, 0) is 9.47 Å². The maximum Gasteiger partial charge on any atom is 0.183 e. The summed E-state index contributed by atoms with van der Waals surface area (Å²) in [5.41, 5.74) is 4.15. The van der Waals surface area contributed by atoms with E-state index in [9.17, 15) is 5.11 Å². The zero-order valence-corrected chi connectivity index (χ0v) is 18.8. The van der Waals surface area contributed by atoms with E-state index in [1.165, 1.54) is 0 Å². The number of hydrogen-bond acceptors (Lipinski definition) is 4. The number of benzene rings is 3. The Labute approximate surface area is 189 Å². The van der Waals surface area contributed by atoms with E-state index in [0.717, 1.165) is 22.3 Å². The largest absolute Gasteiger partial charge is 0.394 e. The Bertz CT molecular complexity index is 894. The maximum absolute atomic E-state index is 10.1. The van der Waals surface area contributed by atoms with E-state index in [0.29, 0.717) is 18.2 Å². The number of ether oxygens (including phenoxy) is 2. The first-order valence-electron chi connectivity index (χ1n) is 10.7. The molecule has 3 aromatic rings. The predicted molar refractivity (Wildman–Crippen MR) is 125 cm³/mol. The fourth-order valence-corrected chi connectivity index (χ4v) is 3.70. The molecule has 164 valence electrons. The highest BCUT2D eigenvalue weighted by atomic mass is 35.5. The second-order valence-electron chi connectivity index (χ2n) is 7.21. The lowest BCUT2D eigenvalue weighted by molar-refractivity contribution is -0.140. The van der Waals surface area contributed by atoms with Crippen LogP contribution in [0.1, 0.15) is 54.5 Å². The summed E-state index contributed by atoms with van der Waals surface area (Å²) >= 11 is 6.12. The Balaban J connectivity index is 1.91. The third kappa shape index (κ3) is 6.39. The van der Waals surface area contributed by atoms with E-state index in [1.54, 1.807) is 0 Å². The third-order valence-electron chi connectivity index (χ3n) is 5.13. The Kier molecular flexibility index (Phi) is 9.07. The van der Waals surface area contributed by atoms with Crippen molar-refractivity contribution in [2.24, 2.45) is 0 Å².